The molecule has 1 aromatic heterocycles. The van der Waals surface area contributed by atoms with Gasteiger partial charge < -0.3 is 9.64 Å². The van der Waals surface area contributed by atoms with E-state index < -0.39 is 24.7 Å². The molecule has 1 aliphatic carbocycles. The van der Waals surface area contributed by atoms with E-state index in [1.165, 1.54) is 6.20 Å². The van der Waals surface area contributed by atoms with Crippen LogP contribution in [0.2, 0.25) is 0 Å². The molecule has 0 spiro atoms. The zero-order valence-electron chi connectivity index (χ0n) is 13.9. The lowest BCUT2D eigenvalue weighted by molar-refractivity contribution is -0.145. The first-order chi connectivity index (χ1) is 12.4. The highest BCUT2D eigenvalue weighted by Gasteiger charge is 2.40. The first kappa shape index (κ1) is 16.9. The molecule has 136 valence electrons. The SMILES string of the molecule is O=C1c2ccccc2C[C@@H](c2ccc(OC3CC3)nc2)N1CC(F)(F)F. The fraction of sp³-hybridized carbons (Fsp3) is 0.368. The number of carbonyl (C=O) groups excluding carboxylic acids is 1. The number of hydrogen-bond donors (Lipinski definition) is 0. The number of ether oxygens (including phenoxy) is 1. The Labute approximate surface area is 148 Å². The number of fused-ring (bicyclic) bond motifs is 1. The van der Waals surface area contributed by atoms with E-state index >= 15 is 0 Å². The van der Waals surface area contributed by atoms with Crippen LogP contribution in [0.5, 0.6) is 5.88 Å². The second-order valence-corrected chi connectivity index (χ2v) is 6.67. The van der Waals surface area contributed by atoms with Crippen LogP contribution in [0.3, 0.4) is 0 Å². The first-order valence-electron chi connectivity index (χ1n) is 8.49. The van der Waals surface area contributed by atoms with E-state index in [4.69, 9.17) is 4.74 Å². The molecule has 2 heterocycles. The van der Waals surface area contributed by atoms with E-state index in [9.17, 15) is 18.0 Å². The quantitative estimate of drug-likeness (QED) is 0.828. The molecular weight excluding hydrogens is 345 g/mol. The number of aromatic nitrogens is 1. The van der Waals surface area contributed by atoms with E-state index in [1.807, 2.05) is 0 Å². The lowest BCUT2D eigenvalue weighted by Crippen LogP contribution is -2.45. The number of alkyl halides is 3. The highest BCUT2D eigenvalue weighted by Crippen LogP contribution is 2.36. The van der Waals surface area contributed by atoms with Crippen LogP contribution in [0, 0.1) is 0 Å². The molecule has 1 fully saturated rings. The maximum atomic E-state index is 13.1. The number of carbonyl (C=O) groups is 1. The molecule has 0 N–H and O–H groups in total. The van der Waals surface area contributed by atoms with Crippen molar-refractivity contribution >= 4 is 5.91 Å². The van der Waals surface area contributed by atoms with Crippen LogP contribution in [0.4, 0.5) is 13.2 Å². The molecule has 7 heteroatoms. The topological polar surface area (TPSA) is 42.4 Å². The first-order valence-corrected chi connectivity index (χ1v) is 8.49. The summed E-state index contributed by atoms with van der Waals surface area (Å²) in [5, 5.41) is 0. The van der Waals surface area contributed by atoms with Crippen molar-refractivity contribution in [3.63, 3.8) is 0 Å². The van der Waals surface area contributed by atoms with Crippen LogP contribution in [-0.2, 0) is 6.42 Å². The Morgan fingerprint density at radius 2 is 1.92 bits per heavy atom. The zero-order chi connectivity index (χ0) is 18.3. The van der Waals surface area contributed by atoms with Crippen molar-refractivity contribution in [2.75, 3.05) is 6.54 Å². The van der Waals surface area contributed by atoms with Crippen molar-refractivity contribution in [3.8, 4) is 5.88 Å². The smallest absolute Gasteiger partial charge is 0.406 e. The van der Waals surface area contributed by atoms with E-state index in [0.29, 0.717) is 23.4 Å². The summed E-state index contributed by atoms with van der Waals surface area (Å²) in [4.78, 5) is 17.8. The largest absolute Gasteiger partial charge is 0.474 e. The molecule has 2 aliphatic rings. The van der Waals surface area contributed by atoms with Gasteiger partial charge in [-0.25, -0.2) is 4.98 Å². The molecule has 0 bridgehead atoms. The van der Waals surface area contributed by atoms with Crippen LogP contribution < -0.4 is 4.74 Å². The van der Waals surface area contributed by atoms with Gasteiger partial charge >= 0.3 is 6.18 Å². The molecular formula is C19H17F3N2O2. The second-order valence-electron chi connectivity index (χ2n) is 6.67. The molecule has 0 saturated heterocycles. The fourth-order valence-corrected chi connectivity index (χ4v) is 3.21. The van der Waals surface area contributed by atoms with Gasteiger partial charge in [0.15, 0.2) is 0 Å². The van der Waals surface area contributed by atoms with E-state index in [0.717, 1.165) is 23.3 Å². The molecule has 1 aliphatic heterocycles. The Hall–Kier alpha value is -2.57. The minimum absolute atomic E-state index is 0.193. The molecule has 4 nitrogen and oxygen atoms in total. The van der Waals surface area contributed by atoms with Gasteiger partial charge in [-0.05, 0) is 36.5 Å². The van der Waals surface area contributed by atoms with Crippen molar-refractivity contribution in [1.82, 2.24) is 9.88 Å². The highest BCUT2D eigenvalue weighted by atomic mass is 19.4. The van der Waals surface area contributed by atoms with Gasteiger partial charge in [0.25, 0.3) is 5.91 Å². The predicted octanol–water partition coefficient (Wildman–Crippen LogP) is 3.92. The summed E-state index contributed by atoms with van der Waals surface area (Å²) in [5.41, 5.74) is 1.65. The molecule has 26 heavy (non-hydrogen) atoms. The van der Waals surface area contributed by atoms with Crippen molar-refractivity contribution in [1.29, 1.82) is 0 Å². The van der Waals surface area contributed by atoms with Crippen LogP contribution in [0.1, 0.15) is 40.4 Å². The Morgan fingerprint density at radius 3 is 2.58 bits per heavy atom. The van der Waals surface area contributed by atoms with Gasteiger partial charge in [0, 0.05) is 17.8 Å². The summed E-state index contributed by atoms with van der Waals surface area (Å²) in [7, 11) is 0. The van der Waals surface area contributed by atoms with Gasteiger partial charge in [-0.1, -0.05) is 24.3 Å². The lowest BCUT2D eigenvalue weighted by Gasteiger charge is -2.37. The van der Waals surface area contributed by atoms with Gasteiger partial charge in [-0.2, -0.15) is 13.2 Å². The van der Waals surface area contributed by atoms with Crippen molar-refractivity contribution in [2.24, 2.45) is 0 Å². The third kappa shape index (κ3) is 3.52. The maximum absolute atomic E-state index is 13.1. The van der Waals surface area contributed by atoms with E-state index in [-0.39, 0.29) is 6.10 Å². The molecule has 1 amide bonds. The number of amides is 1. The van der Waals surface area contributed by atoms with Crippen molar-refractivity contribution in [2.45, 2.75) is 37.6 Å². The number of halogens is 3. The van der Waals surface area contributed by atoms with Crippen molar-refractivity contribution in [3.05, 3.63) is 59.3 Å². The normalized spacial score (nSPS) is 20.0. The summed E-state index contributed by atoms with van der Waals surface area (Å²) in [5.74, 6) is -0.145. The average molecular weight is 362 g/mol. The summed E-state index contributed by atoms with van der Waals surface area (Å²) in [6, 6.07) is 9.44. The molecule has 1 atom stereocenters. The number of benzene rings is 1. The van der Waals surface area contributed by atoms with Crippen LogP contribution in [0.15, 0.2) is 42.6 Å². The summed E-state index contributed by atoms with van der Waals surface area (Å²) < 4.78 is 44.8. The zero-order valence-corrected chi connectivity index (χ0v) is 13.9. The third-order valence-corrected chi connectivity index (χ3v) is 4.60. The van der Waals surface area contributed by atoms with Gasteiger partial charge in [0.2, 0.25) is 5.88 Å². The van der Waals surface area contributed by atoms with E-state index in [1.54, 1.807) is 36.4 Å². The Bertz CT molecular complexity index is 816. The molecule has 0 unspecified atom stereocenters. The number of hydrogen-bond acceptors (Lipinski definition) is 3. The van der Waals surface area contributed by atoms with Crippen molar-refractivity contribution < 1.29 is 22.7 Å². The van der Waals surface area contributed by atoms with Gasteiger partial charge in [0.1, 0.15) is 12.6 Å². The van der Waals surface area contributed by atoms with Gasteiger partial charge in [0.05, 0.1) is 6.04 Å². The molecule has 2 aromatic rings. The Kier molecular flexibility index (Phi) is 4.09. The summed E-state index contributed by atoms with van der Waals surface area (Å²) in [6.45, 7) is -1.29. The number of rotatable bonds is 4. The van der Waals surface area contributed by atoms with Crippen LogP contribution >= 0.6 is 0 Å². The number of pyridine rings is 1. The van der Waals surface area contributed by atoms with Gasteiger partial charge in [-0.15, -0.1) is 0 Å². The number of nitrogens with zero attached hydrogens (tertiary/aromatic N) is 2. The van der Waals surface area contributed by atoms with Crippen LogP contribution in [-0.4, -0.2) is 34.6 Å². The molecule has 1 saturated carbocycles. The van der Waals surface area contributed by atoms with Crippen LogP contribution in [0.25, 0.3) is 0 Å². The summed E-state index contributed by atoms with van der Waals surface area (Å²) >= 11 is 0. The maximum Gasteiger partial charge on any atom is 0.406 e. The van der Waals surface area contributed by atoms with Gasteiger partial charge in [-0.3, -0.25) is 4.79 Å². The lowest BCUT2D eigenvalue weighted by atomic mass is 9.90. The Morgan fingerprint density at radius 1 is 1.15 bits per heavy atom. The predicted molar refractivity (Wildman–Crippen MR) is 87.9 cm³/mol. The Balaban J connectivity index is 1.65. The fourth-order valence-electron chi connectivity index (χ4n) is 3.21. The summed E-state index contributed by atoms with van der Waals surface area (Å²) in [6.07, 6.45) is -0.455. The van der Waals surface area contributed by atoms with E-state index in [2.05, 4.69) is 4.98 Å². The molecule has 4 rings (SSSR count). The second kappa shape index (κ2) is 6.30. The highest BCUT2D eigenvalue weighted by molar-refractivity contribution is 5.97. The minimum atomic E-state index is -4.47. The monoisotopic (exact) mass is 362 g/mol. The average Bonchev–Trinajstić information content (AvgIpc) is 3.41. The minimum Gasteiger partial charge on any atom is -0.474 e. The standard InChI is InChI=1S/C19H17F3N2O2/c20-19(21,22)11-24-16(9-12-3-1-2-4-15(12)18(24)25)13-5-8-17(23-10-13)26-14-6-7-14/h1-5,8,10,14,16H,6-7,9,11H2/t16-/m0/s1. The molecule has 0 radical (unpaired) electrons. The third-order valence-electron chi connectivity index (χ3n) is 4.60. The molecule has 1 aromatic carbocycles.